The van der Waals surface area contributed by atoms with Crippen LogP contribution in [-0.2, 0) is 0 Å². The first-order valence-corrected chi connectivity index (χ1v) is 6.79. The highest BCUT2D eigenvalue weighted by Gasteiger charge is 2.33. The monoisotopic (exact) mass is 210 g/mol. The van der Waals surface area contributed by atoms with Crippen molar-refractivity contribution in [1.82, 2.24) is 4.90 Å². The van der Waals surface area contributed by atoms with Crippen LogP contribution in [0.2, 0.25) is 0 Å². The Morgan fingerprint density at radius 2 is 2.00 bits per heavy atom. The molecule has 0 heterocycles. The van der Waals surface area contributed by atoms with E-state index in [1.54, 1.807) is 0 Å². The van der Waals surface area contributed by atoms with Gasteiger partial charge < -0.3 is 5.73 Å². The zero-order valence-electron chi connectivity index (χ0n) is 10.1. The molecule has 15 heavy (non-hydrogen) atoms. The standard InChI is InChI=1S/C13H26N2/c1-2-8-15(10-11-6-7-11)13(9-14)12-4-3-5-12/h11-13H,2-10,14H2,1H3. The van der Waals surface area contributed by atoms with Crippen LogP contribution in [0.25, 0.3) is 0 Å². The maximum Gasteiger partial charge on any atom is 0.0246 e. The van der Waals surface area contributed by atoms with Crippen LogP contribution < -0.4 is 5.73 Å². The SMILES string of the molecule is CCCN(CC1CC1)C(CN)C1CCC1. The summed E-state index contributed by atoms with van der Waals surface area (Å²) in [6, 6.07) is 0.694. The highest BCUT2D eigenvalue weighted by molar-refractivity contribution is 4.88. The van der Waals surface area contributed by atoms with Gasteiger partial charge in [0, 0.05) is 19.1 Å². The molecule has 2 saturated carbocycles. The first-order valence-electron chi connectivity index (χ1n) is 6.79. The van der Waals surface area contributed by atoms with Crippen molar-refractivity contribution < 1.29 is 0 Å². The quantitative estimate of drug-likeness (QED) is 0.698. The lowest BCUT2D eigenvalue weighted by molar-refractivity contribution is 0.0959. The van der Waals surface area contributed by atoms with Crippen molar-refractivity contribution in [1.29, 1.82) is 0 Å². The Balaban J connectivity index is 1.86. The van der Waals surface area contributed by atoms with E-state index >= 15 is 0 Å². The van der Waals surface area contributed by atoms with Crippen molar-refractivity contribution in [2.75, 3.05) is 19.6 Å². The highest BCUT2D eigenvalue weighted by Crippen LogP contribution is 2.35. The van der Waals surface area contributed by atoms with E-state index in [-0.39, 0.29) is 0 Å². The van der Waals surface area contributed by atoms with Gasteiger partial charge in [0.05, 0.1) is 0 Å². The fraction of sp³-hybridized carbons (Fsp3) is 1.00. The number of hydrogen-bond acceptors (Lipinski definition) is 2. The molecule has 2 heteroatoms. The molecule has 0 spiro atoms. The molecule has 0 aromatic rings. The largest absolute Gasteiger partial charge is 0.329 e. The Labute approximate surface area is 94.2 Å². The summed E-state index contributed by atoms with van der Waals surface area (Å²) in [6.07, 6.45) is 8.48. The normalized spacial score (nSPS) is 24.2. The minimum absolute atomic E-state index is 0.694. The first-order chi connectivity index (χ1) is 7.35. The number of nitrogens with two attached hydrogens (primary N) is 1. The Morgan fingerprint density at radius 3 is 2.40 bits per heavy atom. The minimum Gasteiger partial charge on any atom is -0.329 e. The molecule has 0 aromatic carbocycles. The Hall–Kier alpha value is -0.0800. The molecule has 2 rings (SSSR count). The van der Waals surface area contributed by atoms with Gasteiger partial charge in [-0.15, -0.1) is 0 Å². The van der Waals surface area contributed by atoms with Crippen molar-refractivity contribution in [2.45, 2.75) is 51.5 Å². The average molecular weight is 210 g/mol. The fourth-order valence-electron chi connectivity index (χ4n) is 2.78. The predicted octanol–water partition coefficient (Wildman–Crippen LogP) is 2.24. The van der Waals surface area contributed by atoms with Gasteiger partial charge >= 0.3 is 0 Å². The third-order valence-corrected chi connectivity index (χ3v) is 4.10. The molecule has 2 N–H and O–H groups in total. The van der Waals surface area contributed by atoms with Crippen molar-refractivity contribution in [3.8, 4) is 0 Å². The second-order valence-electron chi connectivity index (χ2n) is 5.43. The van der Waals surface area contributed by atoms with Crippen molar-refractivity contribution in [3.63, 3.8) is 0 Å². The van der Waals surface area contributed by atoms with Crippen molar-refractivity contribution >= 4 is 0 Å². The summed E-state index contributed by atoms with van der Waals surface area (Å²) in [6.45, 7) is 5.74. The molecule has 2 nitrogen and oxygen atoms in total. The zero-order chi connectivity index (χ0) is 10.7. The van der Waals surface area contributed by atoms with Crippen molar-refractivity contribution in [2.24, 2.45) is 17.6 Å². The van der Waals surface area contributed by atoms with Crippen LogP contribution >= 0.6 is 0 Å². The maximum absolute atomic E-state index is 5.97. The lowest BCUT2D eigenvalue weighted by atomic mass is 9.79. The molecular formula is C13H26N2. The molecule has 0 radical (unpaired) electrons. The molecule has 0 amide bonds. The molecule has 0 aliphatic heterocycles. The lowest BCUT2D eigenvalue weighted by Crippen LogP contribution is -2.48. The molecule has 0 saturated heterocycles. The lowest BCUT2D eigenvalue weighted by Gasteiger charge is -2.40. The minimum atomic E-state index is 0.694. The van der Waals surface area contributed by atoms with E-state index in [1.165, 1.54) is 51.6 Å². The molecule has 1 atom stereocenters. The smallest absolute Gasteiger partial charge is 0.0246 e. The summed E-state index contributed by atoms with van der Waals surface area (Å²) in [5.74, 6) is 1.92. The predicted molar refractivity (Wildman–Crippen MR) is 64.8 cm³/mol. The fourth-order valence-corrected chi connectivity index (χ4v) is 2.78. The topological polar surface area (TPSA) is 29.3 Å². The Bertz CT molecular complexity index is 185. The second kappa shape index (κ2) is 5.31. The van der Waals surface area contributed by atoms with Crippen LogP contribution in [0.15, 0.2) is 0 Å². The van der Waals surface area contributed by atoms with E-state index in [2.05, 4.69) is 11.8 Å². The molecule has 2 fully saturated rings. The molecule has 2 aliphatic carbocycles. The zero-order valence-corrected chi connectivity index (χ0v) is 10.1. The van der Waals surface area contributed by atoms with Gasteiger partial charge in [0.25, 0.3) is 0 Å². The van der Waals surface area contributed by atoms with Crippen LogP contribution in [0.4, 0.5) is 0 Å². The molecular weight excluding hydrogens is 184 g/mol. The molecule has 0 aromatic heterocycles. The van der Waals surface area contributed by atoms with Gasteiger partial charge in [0.2, 0.25) is 0 Å². The third kappa shape index (κ3) is 2.94. The van der Waals surface area contributed by atoms with E-state index in [9.17, 15) is 0 Å². The van der Waals surface area contributed by atoms with E-state index in [0.717, 1.165) is 18.4 Å². The third-order valence-electron chi connectivity index (χ3n) is 4.10. The maximum atomic E-state index is 5.97. The second-order valence-corrected chi connectivity index (χ2v) is 5.43. The van der Waals surface area contributed by atoms with E-state index in [1.807, 2.05) is 0 Å². The van der Waals surface area contributed by atoms with Gasteiger partial charge in [-0.3, -0.25) is 4.90 Å². The van der Waals surface area contributed by atoms with Crippen molar-refractivity contribution in [3.05, 3.63) is 0 Å². The summed E-state index contributed by atoms with van der Waals surface area (Å²) in [5, 5.41) is 0. The molecule has 88 valence electrons. The van der Waals surface area contributed by atoms with Gasteiger partial charge in [-0.05, 0) is 50.5 Å². The molecule has 2 aliphatic rings. The van der Waals surface area contributed by atoms with Crippen LogP contribution in [0.1, 0.15) is 45.4 Å². The van der Waals surface area contributed by atoms with Crippen LogP contribution in [0.3, 0.4) is 0 Å². The highest BCUT2D eigenvalue weighted by atomic mass is 15.2. The summed E-state index contributed by atoms with van der Waals surface area (Å²) in [5.41, 5.74) is 5.97. The summed E-state index contributed by atoms with van der Waals surface area (Å²) >= 11 is 0. The number of rotatable bonds is 7. The summed E-state index contributed by atoms with van der Waals surface area (Å²) < 4.78 is 0. The van der Waals surface area contributed by atoms with Gasteiger partial charge in [-0.1, -0.05) is 13.3 Å². The molecule has 1 unspecified atom stereocenters. The van der Waals surface area contributed by atoms with Crippen LogP contribution in [-0.4, -0.2) is 30.6 Å². The number of hydrogen-bond donors (Lipinski definition) is 1. The first kappa shape index (κ1) is 11.4. The summed E-state index contributed by atoms with van der Waals surface area (Å²) in [4.78, 5) is 2.70. The van der Waals surface area contributed by atoms with Gasteiger partial charge in [-0.25, -0.2) is 0 Å². The van der Waals surface area contributed by atoms with Gasteiger partial charge in [0.1, 0.15) is 0 Å². The van der Waals surface area contributed by atoms with E-state index in [0.29, 0.717) is 6.04 Å². The van der Waals surface area contributed by atoms with Gasteiger partial charge in [-0.2, -0.15) is 0 Å². The number of nitrogens with zero attached hydrogens (tertiary/aromatic N) is 1. The van der Waals surface area contributed by atoms with Crippen LogP contribution in [0, 0.1) is 11.8 Å². The average Bonchev–Trinajstić information content (AvgIpc) is 2.94. The van der Waals surface area contributed by atoms with E-state index < -0.39 is 0 Å². The van der Waals surface area contributed by atoms with Gasteiger partial charge in [0.15, 0.2) is 0 Å². The van der Waals surface area contributed by atoms with Crippen LogP contribution in [0.5, 0.6) is 0 Å². The van der Waals surface area contributed by atoms with E-state index in [4.69, 9.17) is 5.73 Å². The molecule has 0 bridgehead atoms. The summed E-state index contributed by atoms with van der Waals surface area (Å²) in [7, 11) is 0. The Morgan fingerprint density at radius 1 is 1.27 bits per heavy atom. The Kier molecular flexibility index (Phi) is 4.04.